The number of rotatable bonds is 1. The Morgan fingerprint density at radius 1 is 1.64 bits per heavy atom. The summed E-state index contributed by atoms with van der Waals surface area (Å²) in [6.07, 6.45) is 1.10. The summed E-state index contributed by atoms with van der Waals surface area (Å²) in [6.45, 7) is 3.05. The molecule has 2 rings (SSSR count). The van der Waals surface area contributed by atoms with Crippen LogP contribution in [0.25, 0.3) is 0 Å². The highest BCUT2D eigenvalue weighted by Crippen LogP contribution is 2.38. The van der Waals surface area contributed by atoms with Gasteiger partial charge in [-0.3, -0.25) is 0 Å². The van der Waals surface area contributed by atoms with Gasteiger partial charge in [-0.2, -0.15) is 0 Å². The highest BCUT2D eigenvalue weighted by molar-refractivity contribution is 8.00. The van der Waals surface area contributed by atoms with E-state index in [0.717, 1.165) is 23.5 Å². The summed E-state index contributed by atoms with van der Waals surface area (Å²) in [4.78, 5) is 1.05. The van der Waals surface area contributed by atoms with Crippen molar-refractivity contribution in [2.45, 2.75) is 23.5 Å². The molecule has 0 radical (unpaired) electrons. The van der Waals surface area contributed by atoms with Crippen molar-refractivity contribution in [2.75, 3.05) is 11.9 Å². The third kappa shape index (κ3) is 1.84. The fraction of sp³-hybridized carbons (Fsp3) is 0.400. The lowest BCUT2D eigenvalue weighted by atomic mass is 10.2. The van der Waals surface area contributed by atoms with E-state index in [9.17, 15) is 4.39 Å². The van der Waals surface area contributed by atoms with Gasteiger partial charge in [-0.15, -0.1) is 11.8 Å². The number of hydrogen-bond donors (Lipinski definition) is 1. The Bertz CT molecular complexity index is 356. The molecule has 0 aliphatic carbocycles. The van der Waals surface area contributed by atoms with Crippen LogP contribution >= 0.6 is 23.4 Å². The number of fused-ring (bicyclic) bond motifs is 1. The predicted molar refractivity (Wildman–Crippen MR) is 59.8 cm³/mol. The van der Waals surface area contributed by atoms with Gasteiger partial charge in [0.1, 0.15) is 5.82 Å². The Morgan fingerprint density at radius 2 is 2.43 bits per heavy atom. The third-order valence-electron chi connectivity index (χ3n) is 2.29. The topological polar surface area (TPSA) is 12.0 Å². The average Bonchev–Trinajstić information content (AvgIpc) is 2.19. The molecular weight excluding hydrogens is 221 g/mol. The number of nitrogens with one attached hydrogen (secondary N) is 1. The number of anilines is 1. The van der Waals surface area contributed by atoms with Crippen LogP contribution in [-0.2, 0) is 0 Å². The molecule has 1 nitrogen and oxygen atoms in total. The van der Waals surface area contributed by atoms with Crippen molar-refractivity contribution in [3.63, 3.8) is 0 Å². The first kappa shape index (κ1) is 10.1. The lowest BCUT2D eigenvalue weighted by Gasteiger charge is -2.24. The van der Waals surface area contributed by atoms with Crippen LogP contribution in [0.4, 0.5) is 10.1 Å². The van der Waals surface area contributed by atoms with Gasteiger partial charge >= 0.3 is 0 Å². The Kier molecular flexibility index (Phi) is 2.88. The van der Waals surface area contributed by atoms with E-state index in [1.165, 1.54) is 6.07 Å². The first-order chi connectivity index (χ1) is 6.70. The van der Waals surface area contributed by atoms with E-state index in [-0.39, 0.29) is 10.8 Å². The van der Waals surface area contributed by atoms with Crippen molar-refractivity contribution in [1.82, 2.24) is 0 Å². The SMILES string of the molecule is CCC1CNc2cc(F)c(Cl)cc2S1. The zero-order valence-corrected chi connectivity index (χ0v) is 9.38. The molecule has 76 valence electrons. The zero-order valence-electron chi connectivity index (χ0n) is 7.81. The van der Waals surface area contributed by atoms with E-state index in [1.807, 2.05) is 0 Å². The van der Waals surface area contributed by atoms with Gasteiger partial charge in [0.25, 0.3) is 0 Å². The summed E-state index contributed by atoms with van der Waals surface area (Å²) >= 11 is 7.49. The fourth-order valence-corrected chi connectivity index (χ4v) is 2.80. The smallest absolute Gasteiger partial charge is 0.143 e. The quantitative estimate of drug-likeness (QED) is 0.790. The summed E-state index contributed by atoms with van der Waals surface area (Å²) in [6, 6.07) is 3.17. The van der Waals surface area contributed by atoms with Gasteiger partial charge in [-0.1, -0.05) is 18.5 Å². The summed E-state index contributed by atoms with van der Waals surface area (Å²) < 4.78 is 13.1. The van der Waals surface area contributed by atoms with Gasteiger partial charge in [0.15, 0.2) is 0 Å². The van der Waals surface area contributed by atoms with Crippen molar-refractivity contribution >= 4 is 29.1 Å². The van der Waals surface area contributed by atoms with Crippen LogP contribution < -0.4 is 5.32 Å². The molecule has 1 N–H and O–H groups in total. The second kappa shape index (κ2) is 3.99. The molecule has 14 heavy (non-hydrogen) atoms. The molecule has 0 aromatic heterocycles. The first-order valence-electron chi connectivity index (χ1n) is 4.60. The highest BCUT2D eigenvalue weighted by atomic mass is 35.5. The van der Waals surface area contributed by atoms with Crippen molar-refractivity contribution in [1.29, 1.82) is 0 Å². The van der Waals surface area contributed by atoms with Crippen LogP contribution in [0.3, 0.4) is 0 Å². The number of halogens is 2. The van der Waals surface area contributed by atoms with Crippen molar-refractivity contribution in [2.24, 2.45) is 0 Å². The Labute approximate surface area is 92.0 Å². The molecule has 1 aliphatic heterocycles. The van der Waals surface area contributed by atoms with Gasteiger partial charge in [0.05, 0.1) is 10.7 Å². The molecular formula is C10H11ClFNS. The van der Waals surface area contributed by atoms with Crippen LogP contribution in [-0.4, -0.2) is 11.8 Å². The molecule has 1 aromatic rings. The summed E-state index contributed by atoms with van der Waals surface area (Å²) in [5.74, 6) is -0.353. The molecule has 0 spiro atoms. The van der Waals surface area contributed by atoms with Crippen molar-refractivity contribution in [3.05, 3.63) is 23.0 Å². The van der Waals surface area contributed by atoms with E-state index in [1.54, 1.807) is 17.8 Å². The number of hydrogen-bond acceptors (Lipinski definition) is 2. The normalized spacial score (nSPS) is 20.1. The summed E-state index contributed by atoms with van der Waals surface area (Å²) in [5, 5.41) is 3.97. The van der Waals surface area contributed by atoms with E-state index in [0.29, 0.717) is 5.25 Å². The Morgan fingerprint density at radius 3 is 3.14 bits per heavy atom. The molecule has 1 unspecified atom stereocenters. The first-order valence-corrected chi connectivity index (χ1v) is 5.86. The molecule has 1 heterocycles. The maximum Gasteiger partial charge on any atom is 0.143 e. The molecule has 1 aliphatic rings. The maximum atomic E-state index is 13.1. The second-order valence-corrected chi connectivity index (χ2v) is 5.04. The van der Waals surface area contributed by atoms with Gasteiger partial charge in [-0.05, 0) is 18.6 Å². The monoisotopic (exact) mass is 231 g/mol. The summed E-state index contributed by atoms with van der Waals surface area (Å²) in [7, 11) is 0. The van der Waals surface area contributed by atoms with Gasteiger partial charge in [0, 0.05) is 16.7 Å². The molecule has 0 saturated carbocycles. The number of thioether (sulfide) groups is 1. The van der Waals surface area contributed by atoms with Crippen molar-refractivity contribution in [3.8, 4) is 0 Å². The van der Waals surface area contributed by atoms with Crippen LogP contribution in [0.2, 0.25) is 5.02 Å². The third-order valence-corrected chi connectivity index (χ3v) is 4.01. The molecule has 1 atom stereocenters. The average molecular weight is 232 g/mol. The zero-order chi connectivity index (χ0) is 10.1. The summed E-state index contributed by atoms with van der Waals surface area (Å²) in [5.41, 5.74) is 0.863. The lowest BCUT2D eigenvalue weighted by Crippen LogP contribution is -2.20. The van der Waals surface area contributed by atoms with Gasteiger partial charge in [0.2, 0.25) is 0 Å². The molecule has 1 aromatic carbocycles. The fourth-order valence-electron chi connectivity index (χ4n) is 1.44. The van der Waals surface area contributed by atoms with E-state index in [4.69, 9.17) is 11.6 Å². The lowest BCUT2D eigenvalue weighted by molar-refractivity contribution is 0.627. The van der Waals surface area contributed by atoms with Crippen molar-refractivity contribution < 1.29 is 4.39 Å². The minimum absolute atomic E-state index is 0.204. The highest BCUT2D eigenvalue weighted by Gasteiger charge is 2.18. The minimum atomic E-state index is -0.353. The number of benzene rings is 1. The molecule has 0 bridgehead atoms. The molecule has 0 fully saturated rings. The Hall–Kier alpha value is -0.410. The maximum absolute atomic E-state index is 13.1. The molecule has 0 saturated heterocycles. The van der Waals surface area contributed by atoms with E-state index >= 15 is 0 Å². The minimum Gasteiger partial charge on any atom is -0.383 e. The van der Waals surface area contributed by atoms with Gasteiger partial charge in [-0.25, -0.2) is 4.39 Å². The molecule has 4 heteroatoms. The largest absolute Gasteiger partial charge is 0.383 e. The van der Waals surface area contributed by atoms with E-state index < -0.39 is 0 Å². The Balaban J connectivity index is 2.33. The van der Waals surface area contributed by atoms with E-state index in [2.05, 4.69) is 12.2 Å². The molecule has 0 amide bonds. The van der Waals surface area contributed by atoms with Crippen LogP contribution in [0.1, 0.15) is 13.3 Å². The van der Waals surface area contributed by atoms with Crippen LogP contribution in [0.5, 0.6) is 0 Å². The van der Waals surface area contributed by atoms with Crippen LogP contribution in [0, 0.1) is 5.82 Å². The van der Waals surface area contributed by atoms with Crippen LogP contribution in [0.15, 0.2) is 17.0 Å². The van der Waals surface area contributed by atoms with Gasteiger partial charge < -0.3 is 5.32 Å². The second-order valence-electron chi connectivity index (χ2n) is 3.29. The predicted octanol–water partition coefficient (Wildman–Crippen LogP) is 3.78. The standard InChI is InChI=1S/C10H11ClFNS/c1-2-6-5-13-9-4-8(12)7(11)3-10(9)14-6/h3-4,6,13H,2,5H2,1H3.